The predicted molar refractivity (Wildman–Crippen MR) is 56.2 cm³/mol. The number of hydrogen-bond donors (Lipinski definition) is 1. The smallest absolute Gasteiger partial charge is 0.159 e. The van der Waals surface area contributed by atoms with Crippen molar-refractivity contribution in [3.63, 3.8) is 0 Å². The molecular weight excluding hydrogens is 192 g/mol. The van der Waals surface area contributed by atoms with E-state index in [4.69, 9.17) is 15.2 Å². The Bertz CT molecular complexity index is 286. The van der Waals surface area contributed by atoms with Crippen LogP contribution in [0.5, 0.6) is 0 Å². The zero-order valence-corrected chi connectivity index (χ0v) is 8.63. The molecule has 1 aromatic heterocycles. The fourth-order valence-electron chi connectivity index (χ4n) is 1.70. The summed E-state index contributed by atoms with van der Waals surface area (Å²) in [6.45, 7) is 1.37. The second-order valence-corrected chi connectivity index (χ2v) is 3.73. The molecule has 0 aliphatic carbocycles. The Morgan fingerprint density at radius 1 is 1.33 bits per heavy atom. The van der Waals surface area contributed by atoms with Gasteiger partial charge in [0.15, 0.2) is 6.29 Å². The second-order valence-electron chi connectivity index (χ2n) is 3.73. The number of hydrogen-bond acceptors (Lipinski definition) is 4. The molecule has 2 heterocycles. The van der Waals surface area contributed by atoms with Crippen molar-refractivity contribution in [2.24, 2.45) is 5.73 Å². The van der Waals surface area contributed by atoms with E-state index in [1.807, 2.05) is 12.1 Å². The number of rotatable bonds is 4. The van der Waals surface area contributed by atoms with Gasteiger partial charge in [-0.05, 0) is 24.1 Å². The molecular formula is C11H16N2O2. The Morgan fingerprint density at radius 2 is 2.00 bits per heavy atom. The van der Waals surface area contributed by atoms with E-state index in [1.54, 1.807) is 12.4 Å². The molecule has 2 N–H and O–H groups in total. The van der Waals surface area contributed by atoms with Crippen LogP contribution in [0.15, 0.2) is 24.5 Å². The zero-order chi connectivity index (χ0) is 10.5. The van der Waals surface area contributed by atoms with Crippen LogP contribution in [-0.2, 0) is 15.9 Å². The lowest BCUT2D eigenvalue weighted by Gasteiger charge is -2.15. The normalized spacial score (nSPS) is 19.3. The van der Waals surface area contributed by atoms with Gasteiger partial charge in [-0.1, -0.05) is 0 Å². The summed E-state index contributed by atoms with van der Waals surface area (Å²) in [5, 5.41) is 0. The Labute approximate surface area is 89.4 Å². The zero-order valence-electron chi connectivity index (χ0n) is 8.63. The van der Waals surface area contributed by atoms with Crippen LogP contribution in [0, 0.1) is 0 Å². The Balaban J connectivity index is 1.79. The van der Waals surface area contributed by atoms with Gasteiger partial charge < -0.3 is 15.2 Å². The van der Waals surface area contributed by atoms with Crippen molar-refractivity contribution in [1.82, 2.24) is 4.98 Å². The number of ether oxygens (including phenoxy) is 2. The van der Waals surface area contributed by atoms with E-state index in [1.165, 1.54) is 5.56 Å². The molecule has 82 valence electrons. The molecule has 1 unspecified atom stereocenters. The summed E-state index contributed by atoms with van der Waals surface area (Å²) in [4.78, 5) is 3.97. The van der Waals surface area contributed by atoms with Crippen molar-refractivity contribution in [3.8, 4) is 0 Å². The average Bonchev–Trinajstić information content (AvgIpc) is 2.71. The minimum absolute atomic E-state index is 0.0792. The highest BCUT2D eigenvalue weighted by molar-refractivity contribution is 5.11. The van der Waals surface area contributed by atoms with Gasteiger partial charge in [-0.25, -0.2) is 0 Å². The molecule has 1 fully saturated rings. The molecule has 15 heavy (non-hydrogen) atoms. The highest BCUT2D eigenvalue weighted by Crippen LogP contribution is 2.12. The molecule has 1 aliphatic rings. The SMILES string of the molecule is NC(Cc1ccncc1)CC1OCCO1. The standard InChI is InChI=1S/C11H16N2O2/c12-10(8-11-14-5-6-15-11)7-9-1-3-13-4-2-9/h1-4,10-11H,5-8,12H2. The van der Waals surface area contributed by atoms with Crippen LogP contribution < -0.4 is 5.73 Å². The fraction of sp³-hybridized carbons (Fsp3) is 0.545. The predicted octanol–water partition coefficient (Wildman–Crippen LogP) is 0.714. The number of nitrogens with two attached hydrogens (primary N) is 1. The first-order valence-electron chi connectivity index (χ1n) is 5.22. The number of nitrogens with zero attached hydrogens (tertiary/aromatic N) is 1. The maximum atomic E-state index is 6.01. The number of aromatic nitrogens is 1. The average molecular weight is 208 g/mol. The van der Waals surface area contributed by atoms with Crippen LogP contribution in [-0.4, -0.2) is 30.5 Å². The van der Waals surface area contributed by atoms with Crippen molar-refractivity contribution >= 4 is 0 Å². The molecule has 0 saturated carbocycles. The van der Waals surface area contributed by atoms with Crippen molar-refractivity contribution in [2.45, 2.75) is 25.2 Å². The molecule has 0 aromatic carbocycles. The van der Waals surface area contributed by atoms with Crippen LogP contribution in [0.3, 0.4) is 0 Å². The van der Waals surface area contributed by atoms with Crippen molar-refractivity contribution in [1.29, 1.82) is 0 Å². The third-order valence-electron chi connectivity index (χ3n) is 2.43. The van der Waals surface area contributed by atoms with Crippen molar-refractivity contribution in [3.05, 3.63) is 30.1 Å². The summed E-state index contributed by atoms with van der Waals surface area (Å²) in [7, 11) is 0. The lowest BCUT2D eigenvalue weighted by atomic mass is 10.1. The molecule has 4 heteroatoms. The maximum absolute atomic E-state index is 6.01. The second kappa shape index (κ2) is 5.21. The molecule has 2 rings (SSSR count). The summed E-state index contributed by atoms with van der Waals surface area (Å²) in [6.07, 6.45) is 5.05. The first-order valence-corrected chi connectivity index (χ1v) is 5.22. The monoisotopic (exact) mass is 208 g/mol. The van der Waals surface area contributed by atoms with Crippen LogP contribution in [0.2, 0.25) is 0 Å². The first kappa shape index (κ1) is 10.5. The van der Waals surface area contributed by atoms with E-state index in [0.29, 0.717) is 13.2 Å². The number of pyridine rings is 1. The maximum Gasteiger partial charge on any atom is 0.159 e. The van der Waals surface area contributed by atoms with E-state index in [0.717, 1.165) is 12.8 Å². The van der Waals surface area contributed by atoms with Gasteiger partial charge in [-0.15, -0.1) is 0 Å². The van der Waals surface area contributed by atoms with Gasteiger partial charge in [0, 0.05) is 24.9 Å². The minimum atomic E-state index is -0.109. The Hall–Kier alpha value is -0.970. The van der Waals surface area contributed by atoms with Gasteiger partial charge in [0.1, 0.15) is 0 Å². The van der Waals surface area contributed by atoms with Crippen molar-refractivity contribution < 1.29 is 9.47 Å². The molecule has 0 bridgehead atoms. The molecule has 1 aromatic rings. The summed E-state index contributed by atoms with van der Waals surface area (Å²) in [6, 6.07) is 4.04. The Morgan fingerprint density at radius 3 is 2.67 bits per heavy atom. The fourth-order valence-corrected chi connectivity index (χ4v) is 1.70. The van der Waals surface area contributed by atoms with Gasteiger partial charge in [-0.2, -0.15) is 0 Å². The van der Waals surface area contributed by atoms with E-state index < -0.39 is 0 Å². The van der Waals surface area contributed by atoms with Gasteiger partial charge >= 0.3 is 0 Å². The molecule has 0 radical (unpaired) electrons. The topological polar surface area (TPSA) is 57.4 Å². The molecule has 1 aliphatic heterocycles. The van der Waals surface area contributed by atoms with Gasteiger partial charge in [0.25, 0.3) is 0 Å². The van der Waals surface area contributed by atoms with Gasteiger partial charge in [0.05, 0.1) is 13.2 Å². The van der Waals surface area contributed by atoms with Crippen LogP contribution in [0.1, 0.15) is 12.0 Å². The molecule has 1 atom stereocenters. The molecule has 4 nitrogen and oxygen atoms in total. The lowest BCUT2D eigenvalue weighted by Crippen LogP contribution is -2.28. The first-order chi connectivity index (χ1) is 7.34. The summed E-state index contributed by atoms with van der Waals surface area (Å²) in [5.41, 5.74) is 7.21. The summed E-state index contributed by atoms with van der Waals surface area (Å²) >= 11 is 0. The molecule has 1 saturated heterocycles. The van der Waals surface area contributed by atoms with E-state index in [-0.39, 0.29) is 12.3 Å². The third kappa shape index (κ3) is 3.27. The highest BCUT2D eigenvalue weighted by atomic mass is 16.7. The minimum Gasteiger partial charge on any atom is -0.350 e. The molecule has 0 spiro atoms. The quantitative estimate of drug-likeness (QED) is 0.792. The lowest BCUT2D eigenvalue weighted by molar-refractivity contribution is -0.0504. The molecule has 0 amide bonds. The van der Waals surface area contributed by atoms with Crippen molar-refractivity contribution in [2.75, 3.05) is 13.2 Å². The highest BCUT2D eigenvalue weighted by Gasteiger charge is 2.19. The Kier molecular flexibility index (Phi) is 3.66. The summed E-state index contributed by atoms with van der Waals surface area (Å²) < 4.78 is 10.7. The summed E-state index contributed by atoms with van der Waals surface area (Å²) in [5.74, 6) is 0. The van der Waals surface area contributed by atoms with Gasteiger partial charge in [-0.3, -0.25) is 4.98 Å². The van der Waals surface area contributed by atoms with Gasteiger partial charge in [0.2, 0.25) is 0 Å². The van der Waals surface area contributed by atoms with E-state index >= 15 is 0 Å². The van der Waals surface area contributed by atoms with Crippen LogP contribution in [0.25, 0.3) is 0 Å². The van der Waals surface area contributed by atoms with E-state index in [9.17, 15) is 0 Å². The van der Waals surface area contributed by atoms with E-state index in [2.05, 4.69) is 4.98 Å². The van der Waals surface area contributed by atoms with Crippen LogP contribution >= 0.6 is 0 Å². The largest absolute Gasteiger partial charge is 0.350 e. The third-order valence-corrected chi connectivity index (χ3v) is 2.43. The van der Waals surface area contributed by atoms with Crippen LogP contribution in [0.4, 0.5) is 0 Å².